The number of carbonyl (C=O) groups is 3. The number of benzene rings is 1. The predicted octanol–water partition coefficient (Wildman–Crippen LogP) is 4.16. The van der Waals surface area contributed by atoms with E-state index in [9.17, 15) is 14.4 Å². The van der Waals surface area contributed by atoms with Gasteiger partial charge in [0.2, 0.25) is 0 Å². The molecule has 0 saturated heterocycles. The number of ether oxygens (including phenoxy) is 1. The van der Waals surface area contributed by atoms with Gasteiger partial charge in [-0.05, 0) is 48.0 Å². The Bertz CT molecular complexity index is 1550. The molecule has 196 valence electrons. The number of hydrogen-bond donors (Lipinski definition) is 1. The van der Waals surface area contributed by atoms with E-state index in [1.165, 1.54) is 18.2 Å². The van der Waals surface area contributed by atoms with E-state index in [2.05, 4.69) is 20.3 Å². The van der Waals surface area contributed by atoms with Crippen LogP contribution in [0.4, 0.5) is 5.82 Å². The number of methoxy groups -OCH3 is 1. The Morgan fingerprint density at radius 3 is 2.64 bits per heavy atom. The van der Waals surface area contributed by atoms with Gasteiger partial charge in [-0.1, -0.05) is 23.7 Å². The molecule has 1 aliphatic rings. The lowest BCUT2D eigenvalue weighted by Gasteiger charge is -2.29. The average Bonchev–Trinajstić information content (AvgIpc) is 3.04. The molecule has 10 heteroatoms. The molecule has 0 spiro atoms. The summed E-state index contributed by atoms with van der Waals surface area (Å²) < 4.78 is 5.17. The molecule has 1 unspecified atom stereocenters. The predicted molar refractivity (Wildman–Crippen MR) is 145 cm³/mol. The number of carbonyl (C=O) groups excluding carboxylic acids is 3. The highest BCUT2D eigenvalue weighted by Crippen LogP contribution is 2.26. The van der Waals surface area contributed by atoms with Crippen LogP contribution in [0.5, 0.6) is 5.75 Å². The Hall–Kier alpha value is -4.63. The zero-order chi connectivity index (χ0) is 27.4. The maximum absolute atomic E-state index is 13.7. The number of pyridine rings is 3. The van der Waals surface area contributed by atoms with Crippen LogP contribution in [-0.4, -0.2) is 50.6 Å². The molecular formula is C29H24ClN5O4. The average molecular weight is 542 g/mol. The lowest BCUT2D eigenvalue weighted by Crippen LogP contribution is -2.45. The van der Waals surface area contributed by atoms with Crippen molar-refractivity contribution in [1.29, 1.82) is 0 Å². The number of aromatic nitrogens is 3. The van der Waals surface area contributed by atoms with Crippen LogP contribution in [0.25, 0.3) is 0 Å². The lowest BCUT2D eigenvalue weighted by atomic mass is 10.0. The first-order valence-electron chi connectivity index (χ1n) is 12.2. The zero-order valence-corrected chi connectivity index (χ0v) is 21.8. The molecule has 39 heavy (non-hydrogen) atoms. The van der Waals surface area contributed by atoms with Crippen molar-refractivity contribution in [2.24, 2.45) is 0 Å². The van der Waals surface area contributed by atoms with Crippen molar-refractivity contribution in [3.63, 3.8) is 0 Å². The van der Waals surface area contributed by atoms with Gasteiger partial charge >= 0.3 is 0 Å². The topological polar surface area (TPSA) is 114 Å². The zero-order valence-electron chi connectivity index (χ0n) is 21.0. The van der Waals surface area contributed by atoms with Crippen molar-refractivity contribution < 1.29 is 19.1 Å². The number of fused-ring (bicyclic) bond motifs is 1. The molecule has 0 radical (unpaired) electrons. The number of anilines is 1. The molecule has 9 nitrogen and oxygen atoms in total. The van der Waals surface area contributed by atoms with Crippen molar-refractivity contribution in [1.82, 2.24) is 19.9 Å². The highest BCUT2D eigenvalue weighted by Gasteiger charge is 2.36. The van der Waals surface area contributed by atoms with Gasteiger partial charge < -0.3 is 15.0 Å². The van der Waals surface area contributed by atoms with Gasteiger partial charge in [0.1, 0.15) is 11.6 Å². The summed E-state index contributed by atoms with van der Waals surface area (Å²) in [7, 11) is 1.52. The van der Waals surface area contributed by atoms with Gasteiger partial charge in [0, 0.05) is 43.3 Å². The van der Waals surface area contributed by atoms with Crippen molar-refractivity contribution in [3.05, 3.63) is 112 Å². The van der Waals surface area contributed by atoms with E-state index in [1.54, 1.807) is 60.9 Å². The quantitative estimate of drug-likeness (QED) is 0.373. The molecule has 0 bridgehead atoms. The third kappa shape index (κ3) is 5.78. The number of Topliss-reactive ketones (excluding diaryl/α,β-unsaturated/α-hetero) is 1. The van der Waals surface area contributed by atoms with Crippen LogP contribution in [0.15, 0.2) is 79.3 Å². The molecular weight excluding hydrogens is 518 g/mol. The largest absolute Gasteiger partial charge is 0.497 e. The highest BCUT2D eigenvalue weighted by molar-refractivity contribution is 6.34. The van der Waals surface area contributed by atoms with E-state index in [0.29, 0.717) is 34.1 Å². The van der Waals surface area contributed by atoms with E-state index < -0.39 is 11.9 Å². The number of amides is 2. The Morgan fingerprint density at radius 1 is 1.03 bits per heavy atom. The minimum absolute atomic E-state index is 0.0497. The van der Waals surface area contributed by atoms with Gasteiger partial charge in [0.05, 0.1) is 41.4 Å². The fourth-order valence-corrected chi connectivity index (χ4v) is 4.77. The summed E-state index contributed by atoms with van der Waals surface area (Å²) in [6.45, 7) is 0.107. The van der Waals surface area contributed by atoms with Crippen LogP contribution in [0, 0.1) is 0 Å². The minimum atomic E-state index is -0.748. The Morgan fingerprint density at radius 2 is 1.87 bits per heavy atom. The first-order valence-corrected chi connectivity index (χ1v) is 12.6. The molecule has 1 atom stereocenters. The van der Waals surface area contributed by atoms with Crippen molar-refractivity contribution >= 4 is 35.0 Å². The summed E-state index contributed by atoms with van der Waals surface area (Å²) >= 11 is 6.51. The third-order valence-electron chi connectivity index (χ3n) is 6.44. The van der Waals surface area contributed by atoms with Crippen LogP contribution in [0.3, 0.4) is 0 Å². The molecule has 4 aromatic rings. The Balaban J connectivity index is 1.42. The summed E-state index contributed by atoms with van der Waals surface area (Å²) in [5, 5.41) is 2.90. The maximum Gasteiger partial charge on any atom is 0.258 e. The van der Waals surface area contributed by atoms with Crippen molar-refractivity contribution in [2.75, 3.05) is 12.4 Å². The van der Waals surface area contributed by atoms with E-state index >= 15 is 0 Å². The highest BCUT2D eigenvalue weighted by atomic mass is 35.5. The van der Waals surface area contributed by atoms with Gasteiger partial charge in [-0.3, -0.25) is 24.4 Å². The van der Waals surface area contributed by atoms with E-state index in [4.69, 9.17) is 16.3 Å². The van der Waals surface area contributed by atoms with Crippen LogP contribution < -0.4 is 10.1 Å². The van der Waals surface area contributed by atoms with Crippen molar-refractivity contribution in [2.45, 2.75) is 25.4 Å². The molecule has 1 aromatic carbocycles. The standard InChI is InChI=1S/C29H24ClN5O4/c1-39-20-9-12-33-27(15-20)34-28(37)21-8-7-18(13-23(21)30)17-35-25(14-19-5-2-3-10-31-19)26(36)16-24-22(29(35)38)6-4-11-32-24/h2-13,15,25H,14,16-17H2,1H3,(H,33,34,37). The Labute approximate surface area is 229 Å². The molecule has 4 heterocycles. The van der Waals surface area contributed by atoms with Crippen molar-refractivity contribution in [3.8, 4) is 5.75 Å². The fraction of sp³-hybridized carbons (Fsp3) is 0.172. The van der Waals surface area contributed by atoms with Gasteiger partial charge in [-0.2, -0.15) is 0 Å². The summed E-state index contributed by atoms with van der Waals surface area (Å²) in [6, 6.07) is 16.3. The van der Waals surface area contributed by atoms with Crippen LogP contribution in [0.2, 0.25) is 5.02 Å². The monoisotopic (exact) mass is 541 g/mol. The second-order valence-electron chi connectivity index (χ2n) is 8.96. The number of rotatable bonds is 7. The van der Waals surface area contributed by atoms with E-state index in [1.807, 2.05) is 12.1 Å². The van der Waals surface area contributed by atoms with E-state index in [-0.39, 0.29) is 41.7 Å². The van der Waals surface area contributed by atoms with Gasteiger partial charge in [-0.15, -0.1) is 0 Å². The normalized spacial score (nSPS) is 14.9. The van der Waals surface area contributed by atoms with Crippen LogP contribution >= 0.6 is 11.6 Å². The molecule has 3 aromatic heterocycles. The second kappa shape index (κ2) is 11.4. The summed E-state index contributed by atoms with van der Waals surface area (Å²) in [6.07, 6.45) is 5.07. The SMILES string of the molecule is COc1ccnc(NC(=O)c2ccc(CN3C(=O)c4cccnc4CC(=O)C3Cc3ccccn3)cc2Cl)c1. The van der Waals surface area contributed by atoms with Gasteiger partial charge in [-0.25, -0.2) is 4.98 Å². The molecule has 5 rings (SSSR count). The third-order valence-corrected chi connectivity index (χ3v) is 6.75. The molecule has 1 N–H and O–H groups in total. The molecule has 0 aliphatic carbocycles. The fourth-order valence-electron chi connectivity index (χ4n) is 4.48. The van der Waals surface area contributed by atoms with E-state index in [0.717, 1.165) is 0 Å². The van der Waals surface area contributed by atoms with Gasteiger partial charge in [0.25, 0.3) is 11.8 Å². The first kappa shape index (κ1) is 26.0. The van der Waals surface area contributed by atoms with Crippen LogP contribution in [-0.2, 0) is 24.2 Å². The minimum Gasteiger partial charge on any atom is -0.497 e. The Kier molecular flexibility index (Phi) is 7.60. The second-order valence-corrected chi connectivity index (χ2v) is 9.37. The molecule has 2 amide bonds. The lowest BCUT2D eigenvalue weighted by molar-refractivity contribution is -0.122. The number of halogens is 1. The van der Waals surface area contributed by atoms with Crippen LogP contribution in [0.1, 0.15) is 37.7 Å². The summed E-state index contributed by atoms with van der Waals surface area (Å²) in [5.41, 5.74) is 2.45. The summed E-state index contributed by atoms with van der Waals surface area (Å²) in [5.74, 6) is 0.000802. The number of nitrogens with zero attached hydrogens (tertiary/aromatic N) is 4. The first-order chi connectivity index (χ1) is 18.9. The number of hydrogen-bond acceptors (Lipinski definition) is 7. The molecule has 0 fully saturated rings. The number of nitrogens with one attached hydrogen (secondary N) is 1. The number of ketones is 1. The molecule has 1 aliphatic heterocycles. The maximum atomic E-state index is 13.7. The summed E-state index contributed by atoms with van der Waals surface area (Å²) in [4.78, 5) is 54.3. The smallest absolute Gasteiger partial charge is 0.258 e. The van der Waals surface area contributed by atoms with Gasteiger partial charge in [0.15, 0.2) is 5.78 Å². The molecule has 0 saturated carbocycles.